The highest BCUT2D eigenvalue weighted by Gasteiger charge is 2.52. The van der Waals surface area contributed by atoms with E-state index in [4.69, 9.17) is 5.26 Å². The van der Waals surface area contributed by atoms with Crippen LogP contribution in [0.25, 0.3) is 0 Å². The number of fused-ring (bicyclic) bond motifs is 1. The number of benzene rings is 1. The summed E-state index contributed by atoms with van der Waals surface area (Å²) >= 11 is 0. The van der Waals surface area contributed by atoms with Gasteiger partial charge < -0.3 is 0 Å². The quantitative estimate of drug-likeness (QED) is 0.656. The maximum absolute atomic E-state index is 8.82. The van der Waals surface area contributed by atoms with E-state index in [2.05, 4.69) is 18.2 Å². The lowest BCUT2D eigenvalue weighted by atomic mass is 10.0. The van der Waals surface area contributed by atoms with E-state index in [-0.39, 0.29) is 0 Å². The zero-order chi connectivity index (χ0) is 9.54. The average molecular weight is 183 g/mol. The predicted molar refractivity (Wildman–Crippen MR) is 54.7 cm³/mol. The molecule has 2 fully saturated rings. The lowest BCUT2D eigenvalue weighted by Crippen LogP contribution is -1.88. The Balaban J connectivity index is 1.88. The molecular weight excluding hydrogens is 170 g/mol. The van der Waals surface area contributed by atoms with Gasteiger partial charge in [-0.2, -0.15) is 5.26 Å². The Hall–Kier alpha value is -1.29. The molecule has 1 aromatic carbocycles. The largest absolute Gasteiger partial charge is 0.192 e. The Morgan fingerprint density at radius 3 is 2.71 bits per heavy atom. The monoisotopic (exact) mass is 183 g/mol. The highest BCUT2D eigenvalue weighted by Crippen LogP contribution is 2.63. The number of nitriles is 1. The first kappa shape index (κ1) is 8.05. The molecule has 2 aliphatic rings. The van der Waals surface area contributed by atoms with Crippen LogP contribution in [0.2, 0.25) is 0 Å². The van der Waals surface area contributed by atoms with Gasteiger partial charge in [0.15, 0.2) is 0 Å². The van der Waals surface area contributed by atoms with Crippen LogP contribution in [0.1, 0.15) is 36.3 Å². The third-order valence-corrected chi connectivity index (χ3v) is 3.81. The molecule has 14 heavy (non-hydrogen) atoms. The van der Waals surface area contributed by atoms with Crippen LogP contribution >= 0.6 is 0 Å². The van der Waals surface area contributed by atoms with Crippen LogP contribution in [0.5, 0.6) is 0 Å². The summed E-state index contributed by atoms with van der Waals surface area (Å²) in [6, 6.07) is 10.4. The van der Waals surface area contributed by atoms with Crippen molar-refractivity contribution in [3.63, 3.8) is 0 Å². The molecule has 0 N–H and O–H groups in total. The van der Waals surface area contributed by atoms with Crippen molar-refractivity contribution in [3.8, 4) is 6.07 Å². The zero-order valence-corrected chi connectivity index (χ0v) is 8.11. The number of nitrogens with zero attached hydrogens (tertiary/aromatic N) is 1. The Bertz CT molecular complexity index is 392. The Morgan fingerprint density at radius 2 is 2.00 bits per heavy atom. The first-order valence-corrected chi connectivity index (χ1v) is 5.40. The highest BCUT2D eigenvalue weighted by atomic mass is 14.6. The van der Waals surface area contributed by atoms with Gasteiger partial charge in [0.25, 0.3) is 0 Å². The molecule has 1 heteroatoms. The molecule has 0 aliphatic heterocycles. The summed E-state index contributed by atoms with van der Waals surface area (Å²) in [5, 5.41) is 8.82. The molecule has 0 saturated heterocycles. The predicted octanol–water partition coefficient (Wildman–Crippen LogP) is 3.07. The standard InChI is InChI=1S/C13H13N/c14-8-9-3-1-4-10(7-9)13-11-5-2-6-12(11)13/h1,3-4,7,11-13H,2,5-6H2. The molecule has 3 rings (SSSR count). The minimum atomic E-state index is 0.789. The number of hydrogen-bond donors (Lipinski definition) is 0. The lowest BCUT2D eigenvalue weighted by molar-refractivity contribution is 0.682. The van der Waals surface area contributed by atoms with Gasteiger partial charge in [0.2, 0.25) is 0 Å². The zero-order valence-electron chi connectivity index (χ0n) is 8.11. The highest BCUT2D eigenvalue weighted by molar-refractivity contribution is 5.38. The summed E-state index contributed by atoms with van der Waals surface area (Å²) in [4.78, 5) is 0. The molecule has 2 unspecified atom stereocenters. The molecule has 0 aromatic heterocycles. The summed E-state index contributed by atoms with van der Waals surface area (Å²) in [7, 11) is 0. The summed E-state index contributed by atoms with van der Waals surface area (Å²) < 4.78 is 0. The van der Waals surface area contributed by atoms with Crippen LogP contribution < -0.4 is 0 Å². The molecule has 0 radical (unpaired) electrons. The number of rotatable bonds is 1. The van der Waals surface area contributed by atoms with Gasteiger partial charge in [-0.15, -0.1) is 0 Å². The maximum atomic E-state index is 8.82. The fourth-order valence-corrected chi connectivity index (χ4v) is 3.13. The van der Waals surface area contributed by atoms with Crippen LogP contribution in [0.3, 0.4) is 0 Å². The van der Waals surface area contributed by atoms with Crippen LogP contribution in [0.15, 0.2) is 24.3 Å². The summed E-state index contributed by atoms with van der Waals surface area (Å²) in [6.07, 6.45) is 4.24. The maximum Gasteiger partial charge on any atom is 0.0991 e. The molecule has 0 heterocycles. The van der Waals surface area contributed by atoms with Gasteiger partial charge in [0.05, 0.1) is 11.6 Å². The van der Waals surface area contributed by atoms with E-state index in [0.717, 1.165) is 23.3 Å². The van der Waals surface area contributed by atoms with E-state index < -0.39 is 0 Å². The molecule has 0 spiro atoms. The third-order valence-electron chi connectivity index (χ3n) is 3.81. The average Bonchev–Trinajstić information content (AvgIpc) is 2.73. The number of hydrogen-bond acceptors (Lipinski definition) is 1. The summed E-state index contributed by atoms with van der Waals surface area (Å²) in [6.45, 7) is 0. The molecule has 2 aliphatic carbocycles. The Morgan fingerprint density at radius 1 is 1.21 bits per heavy atom. The van der Waals surface area contributed by atoms with Crippen molar-refractivity contribution in [2.45, 2.75) is 25.2 Å². The fourth-order valence-electron chi connectivity index (χ4n) is 3.13. The van der Waals surface area contributed by atoms with E-state index in [0.29, 0.717) is 0 Å². The first-order valence-electron chi connectivity index (χ1n) is 5.40. The van der Waals surface area contributed by atoms with Gasteiger partial charge in [-0.05, 0) is 48.3 Å². The molecule has 1 aromatic rings. The van der Waals surface area contributed by atoms with Gasteiger partial charge in [-0.25, -0.2) is 0 Å². The van der Waals surface area contributed by atoms with Gasteiger partial charge in [-0.3, -0.25) is 0 Å². The molecule has 1 nitrogen and oxygen atoms in total. The van der Waals surface area contributed by atoms with Crippen molar-refractivity contribution < 1.29 is 0 Å². The van der Waals surface area contributed by atoms with Gasteiger partial charge in [0.1, 0.15) is 0 Å². The second kappa shape index (κ2) is 2.85. The molecule has 0 bridgehead atoms. The summed E-state index contributed by atoms with van der Waals surface area (Å²) in [5.74, 6) is 2.69. The SMILES string of the molecule is N#Cc1cccc(C2C3CCCC32)c1. The van der Waals surface area contributed by atoms with Crippen LogP contribution in [-0.4, -0.2) is 0 Å². The van der Waals surface area contributed by atoms with E-state index >= 15 is 0 Å². The second-order valence-corrected chi connectivity index (χ2v) is 4.52. The van der Waals surface area contributed by atoms with E-state index in [1.807, 2.05) is 12.1 Å². The van der Waals surface area contributed by atoms with E-state index in [1.54, 1.807) is 0 Å². The third kappa shape index (κ3) is 1.07. The molecule has 70 valence electrons. The molecule has 0 amide bonds. The molecule has 2 atom stereocenters. The van der Waals surface area contributed by atoms with Crippen LogP contribution in [0, 0.1) is 23.2 Å². The Labute approximate surface area is 84.4 Å². The second-order valence-electron chi connectivity index (χ2n) is 4.52. The van der Waals surface area contributed by atoms with Crippen molar-refractivity contribution in [2.24, 2.45) is 11.8 Å². The minimum absolute atomic E-state index is 0.789. The van der Waals surface area contributed by atoms with Gasteiger partial charge in [0, 0.05) is 0 Å². The van der Waals surface area contributed by atoms with Gasteiger partial charge in [-0.1, -0.05) is 18.6 Å². The smallest absolute Gasteiger partial charge is 0.0991 e. The van der Waals surface area contributed by atoms with Crippen LogP contribution in [0.4, 0.5) is 0 Å². The van der Waals surface area contributed by atoms with Crippen molar-refractivity contribution in [3.05, 3.63) is 35.4 Å². The Kier molecular flexibility index (Phi) is 1.64. The van der Waals surface area contributed by atoms with Crippen molar-refractivity contribution in [2.75, 3.05) is 0 Å². The normalized spacial score (nSPS) is 33.5. The first-order chi connectivity index (χ1) is 6.90. The fraction of sp³-hybridized carbons (Fsp3) is 0.462. The summed E-state index contributed by atoms with van der Waals surface area (Å²) in [5.41, 5.74) is 2.21. The molecule has 2 saturated carbocycles. The van der Waals surface area contributed by atoms with E-state index in [9.17, 15) is 0 Å². The van der Waals surface area contributed by atoms with Gasteiger partial charge >= 0.3 is 0 Å². The lowest BCUT2D eigenvalue weighted by Gasteiger charge is -2.03. The van der Waals surface area contributed by atoms with Crippen molar-refractivity contribution >= 4 is 0 Å². The topological polar surface area (TPSA) is 23.8 Å². The minimum Gasteiger partial charge on any atom is -0.192 e. The van der Waals surface area contributed by atoms with E-state index in [1.165, 1.54) is 24.8 Å². The van der Waals surface area contributed by atoms with Crippen molar-refractivity contribution in [1.29, 1.82) is 5.26 Å². The van der Waals surface area contributed by atoms with Crippen LogP contribution in [-0.2, 0) is 0 Å². The molecular formula is C13H13N. The van der Waals surface area contributed by atoms with Crippen molar-refractivity contribution in [1.82, 2.24) is 0 Å².